The number of hydrogen-bond donors (Lipinski definition) is 0. The SMILES string of the molecule is CC1=C(c2cnc(CC(=O)c3ccc(F)cc3Cl)cn2)CN(c2ncccc2F)CC1. The summed E-state index contributed by atoms with van der Waals surface area (Å²) in [7, 11) is 0. The number of Topliss-reactive ketones (excluding diaryl/α,β-unsaturated/α-hetero) is 1. The van der Waals surface area contributed by atoms with Gasteiger partial charge in [0.1, 0.15) is 5.82 Å². The van der Waals surface area contributed by atoms with Crippen LogP contribution in [0, 0.1) is 11.6 Å². The molecule has 1 aromatic carbocycles. The van der Waals surface area contributed by atoms with Gasteiger partial charge >= 0.3 is 0 Å². The minimum atomic E-state index is -0.499. The maximum Gasteiger partial charge on any atom is 0.170 e. The number of halogens is 3. The molecule has 0 aliphatic carbocycles. The second-order valence-electron chi connectivity index (χ2n) is 7.36. The Morgan fingerprint density at radius 3 is 2.71 bits per heavy atom. The van der Waals surface area contributed by atoms with Gasteiger partial charge in [0.15, 0.2) is 17.4 Å². The van der Waals surface area contributed by atoms with E-state index in [0.717, 1.165) is 23.6 Å². The molecule has 3 aromatic rings. The van der Waals surface area contributed by atoms with Gasteiger partial charge in [-0.3, -0.25) is 14.8 Å². The Kier molecular flexibility index (Phi) is 6.04. The zero-order valence-corrected chi connectivity index (χ0v) is 17.5. The van der Waals surface area contributed by atoms with Gasteiger partial charge in [0.25, 0.3) is 0 Å². The smallest absolute Gasteiger partial charge is 0.170 e. The number of benzene rings is 1. The number of aromatic nitrogens is 3. The molecule has 0 saturated heterocycles. The Balaban J connectivity index is 1.50. The first-order chi connectivity index (χ1) is 14.9. The predicted molar refractivity (Wildman–Crippen MR) is 115 cm³/mol. The quantitative estimate of drug-likeness (QED) is 0.527. The van der Waals surface area contributed by atoms with Crippen LogP contribution in [-0.4, -0.2) is 33.8 Å². The van der Waals surface area contributed by atoms with E-state index >= 15 is 0 Å². The van der Waals surface area contributed by atoms with Crippen molar-refractivity contribution >= 4 is 28.8 Å². The van der Waals surface area contributed by atoms with Crippen molar-refractivity contribution in [3.05, 3.63) is 88.1 Å². The van der Waals surface area contributed by atoms with Gasteiger partial charge in [-0.1, -0.05) is 17.2 Å². The highest BCUT2D eigenvalue weighted by Gasteiger charge is 2.22. The van der Waals surface area contributed by atoms with Crippen LogP contribution in [0.15, 0.2) is 54.5 Å². The van der Waals surface area contributed by atoms with Crippen molar-refractivity contribution in [3.8, 4) is 0 Å². The highest BCUT2D eigenvalue weighted by molar-refractivity contribution is 6.34. The average molecular weight is 441 g/mol. The van der Waals surface area contributed by atoms with Gasteiger partial charge in [-0.05, 0) is 49.2 Å². The lowest BCUT2D eigenvalue weighted by atomic mass is 9.99. The summed E-state index contributed by atoms with van der Waals surface area (Å²) in [5.74, 6) is -0.807. The summed E-state index contributed by atoms with van der Waals surface area (Å²) in [6.45, 7) is 3.16. The van der Waals surface area contributed by atoms with Crippen LogP contribution < -0.4 is 4.90 Å². The molecule has 0 unspecified atom stereocenters. The van der Waals surface area contributed by atoms with Crippen molar-refractivity contribution in [2.75, 3.05) is 18.0 Å². The van der Waals surface area contributed by atoms with Crippen LogP contribution in [-0.2, 0) is 6.42 Å². The molecule has 2 aromatic heterocycles. The summed E-state index contributed by atoms with van der Waals surface area (Å²) in [4.78, 5) is 27.4. The fourth-order valence-electron chi connectivity index (χ4n) is 3.53. The van der Waals surface area contributed by atoms with Gasteiger partial charge in [-0.15, -0.1) is 0 Å². The van der Waals surface area contributed by atoms with Crippen LogP contribution in [0.1, 0.15) is 35.1 Å². The summed E-state index contributed by atoms with van der Waals surface area (Å²) in [5, 5.41) is 0.0689. The first-order valence-electron chi connectivity index (χ1n) is 9.76. The minimum Gasteiger partial charge on any atom is -0.349 e. The Hall–Kier alpha value is -3.19. The first-order valence-corrected chi connectivity index (χ1v) is 10.1. The molecular formula is C23H19ClF2N4O. The molecule has 0 fully saturated rings. The van der Waals surface area contributed by atoms with Crippen molar-refractivity contribution < 1.29 is 13.6 Å². The predicted octanol–water partition coefficient (Wildman–Crippen LogP) is 4.91. The van der Waals surface area contributed by atoms with E-state index in [2.05, 4.69) is 15.0 Å². The molecule has 0 atom stereocenters. The number of carbonyl (C=O) groups is 1. The molecule has 0 N–H and O–H groups in total. The zero-order valence-electron chi connectivity index (χ0n) is 16.8. The topological polar surface area (TPSA) is 59.0 Å². The molecule has 3 heterocycles. The van der Waals surface area contributed by atoms with Crippen LogP contribution in [0.4, 0.5) is 14.6 Å². The Morgan fingerprint density at radius 1 is 1.16 bits per heavy atom. The van der Waals surface area contributed by atoms with E-state index in [9.17, 15) is 13.6 Å². The maximum absolute atomic E-state index is 14.2. The molecule has 0 saturated carbocycles. The molecule has 0 spiro atoms. The first kappa shape index (κ1) is 21.1. The van der Waals surface area contributed by atoms with Gasteiger partial charge in [0.05, 0.1) is 29.0 Å². The molecule has 31 heavy (non-hydrogen) atoms. The third-order valence-electron chi connectivity index (χ3n) is 5.25. The lowest BCUT2D eigenvalue weighted by Gasteiger charge is -2.30. The molecule has 1 aliphatic heterocycles. The Morgan fingerprint density at radius 2 is 2.00 bits per heavy atom. The fourth-order valence-corrected chi connectivity index (χ4v) is 3.80. The van der Waals surface area contributed by atoms with E-state index in [1.165, 1.54) is 18.2 Å². The zero-order chi connectivity index (χ0) is 22.0. The third-order valence-corrected chi connectivity index (χ3v) is 5.56. The van der Waals surface area contributed by atoms with Gasteiger partial charge < -0.3 is 4.90 Å². The van der Waals surface area contributed by atoms with Crippen LogP contribution in [0.2, 0.25) is 5.02 Å². The van der Waals surface area contributed by atoms with Crippen molar-refractivity contribution in [3.63, 3.8) is 0 Å². The van der Waals surface area contributed by atoms with Crippen molar-refractivity contribution in [1.29, 1.82) is 0 Å². The lowest BCUT2D eigenvalue weighted by Crippen LogP contribution is -2.32. The largest absolute Gasteiger partial charge is 0.349 e. The number of anilines is 1. The van der Waals surface area contributed by atoms with E-state index < -0.39 is 5.82 Å². The van der Waals surface area contributed by atoms with Crippen molar-refractivity contribution in [2.45, 2.75) is 19.8 Å². The lowest BCUT2D eigenvalue weighted by molar-refractivity contribution is 0.0992. The number of carbonyl (C=O) groups excluding carboxylic acids is 1. The van der Waals surface area contributed by atoms with Crippen molar-refractivity contribution in [1.82, 2.24) is 15.0 Å². The number of ketones is 1. The number of nitrogens with zero attached hydrogens (tertiary/aromatic N) is 4. The van der Waals surface area contributed by atoms with Crippen LogP contribution in [0.5, 0.6) is 0 Å². The minimum absolute atomic E-state index is 0.00192. The van der Waals surface area contributed by atoms with E-state index in [4.69, 9.17) is 11.6 Å². The van der Waals surface area contributed by atoms with Crippen molar-refractivity contribution in [2.24, 2.45) is 0 Å². The number of hydrogen-bond acceptors (Lipinski definition) is 5. The van der Waals surface area contributed by atoms with Crippen LogP contribution >= 0.6 is 11.6 Å². The van der Waals surface area contributed by atoms with Gasteiger partial charge in [0.2, 0.25) is 0 Å². The molecule has 0 amide bonds. The monoisotopic (exact) mass is 440 g/mol. The molecule has 1 aliphatic rings. The van der Waals surface area contributed by atoms with Gasteiger partial charge in [-0.25, -0.2) is 13.8 Å². The van der Waals surface area contributed by atoms with Crippen LogP contribution in [0.3, 0.4) is 0 Å². The van der Waals surface area contributed by atoms with E-state index in [1.807, 2.05) is 11.8 Å². The molecule has 158 valence electrons. The molecular weight excluding hydrogens is 422 g/mol. The van der Waals surface area contributed by atoms with E-state index in [1.54, 1.807) is 24.7 Å². The Labute approximate surface area is 183 Å². The average Bonchev–Trinajstić information content (AvgIpc) is 2.75. The molecule has 0 radical (unpaired) electrons. The normalized spacial score (nSPS) is 14.1. The summed E-state index contributed by atoms with van der Waals surface area (Å²) < 4.78 is 27.4. The second kappa shape index (κ2) is 8.89. The maximum atomic E-state index is 14.2. The van der Waals surface area contributed by atoms with E-state index in [0.29, 0.717) is 30.3 Å². The molecule has 4 rings (SSSR count). The van der Waals surface area contributed by atoms with Gasteiger partial charge in [-0.2, -0.15) is 0 Å². The number of rotatable bonds is 5. The highest BCUT2D eigenvalue weighted by atomic mass is 35.5. The molecule has 8 heteroatoms. The Bertz CT molecular complexity index is 1160. The fraction of sp³-hybridized carbons (Fsp3) is 0.217. The second-order valence-corrected chi connectivity index (χ2v) is 7.76. The van der Waals surface area contributed by atoms with Gasteiger partial charge in [0, 0.05) is 31.0 Å². The van der Waals surface area contributed by atoms with Crippen LogP contribution in [0.25, 0.3) is 5.57 Å². The summed E-state index contributed by atoms with van der Waals surface area (Å²) >= 11 is 5.97. The third kappa shape index (κ3) is 4.61. The summed E-state index contributed by atoms with van der Waals surface area (Å²) in [5.41, 5.74) is 3.52. The van der Waals surface area contributed by atoms with E-state index in [-0.39, 0.29) is 28.6 Å². The molecule has 0 bridgehead atoms. The summed E-state index contributed by atoms with van der Waals surface area (Å²) in [6, 6.07) is 6.63. The number of pyridine rings is 1. The highest BCUT2D eigenvalue weighted by Crippen LogP contribution is 2.28. The summed E-state index contributed by atoms with van der Waals surface area (Å²) in [6.07, 6.45) is 5.50. The standard InChI is InChI=1S/C23H19ClF2N4O/c1-14-6-8-30(23-20(26)3-2-7-27-23)13-18(14)21-12-28-16(11-29-21)10-22(31)17-5-4-15(25)9-19(17)24/h2-5,7,9,11-12H,6,8,10,13H2,1H3. The molecule has 5 nitrogen and oxygen atoms in total.